The van der Waals surface area contributed by atoms with Gasteiger partial charge in [0, 0.05) is 31.5 Å². The highest BCUT2D eigenvalue weighted by molar-refractivity contribution is 7.92. The minimum absolute atomic E-state index is 0.0458. The van der Waals surface area contributed by atoms with Crippen molar-refractivity contribution in [2.75, 3.05) is 40.9 Å². The van der Waals surface area contributed by atoms with E-state index in [1.807, 2.05) is 6.07 Å². The number of nitrogens with one attached hydrogen (secondary N) is 2. The maximum atomic E-state index is 11.7. The lowest BCUT2D eigenvalue weighted by Crippen LogP contribution is -2.31. The molecule has 1 heterocycles. The molecule has 1 fully saturated rings. The van der Waals surface area contributed by atoms with Gasteiger partial charge in [0.2, 0.25) is 10.0 Å². The minimum Gasteiger partial charge on any atom is -0.372 e. The lowest BCUT2D eigenvalue weighted by atomic mass is 10.1. The predicted octanol–water partition coefficient (Wildman–Crippen LogP) is 3.73. The van der Waals surface area contributed by atoms with Crippen LogP contribution in [0.2, 0.25) is 0 Å². The average Bonchev–Trinajstić information content (AvgIpc) is 3.21. The van der Waals surface area contributed by atoms with Crippen molar-refractivity contribution in [1.29, 1.82) is 0 Å². The maximum absolute atomic E-state index is 11.7. The standard InChI is InChI=1S/C21H28N4O2S2/c1-16(17-9-11-19(12-10-17)25-13-4-5-14-25)22-21(28)23-18-7-6-8-20(15-18)24(2)29(3,26)27/h6-12,15-16H,4-5,13-14H2,1-3H3,(H2,22,23,28)/t16-/m0/s1. The third kappa shape index (κ3) is 5.61. The van der Waals surface area contributed by atoms with Gasteiger partial charge in [0.15, 0.2) is 5.11 Å². The van der Waals surface area contributed by atoms with Crippen LogP contribution in [0.4, 0.5) is 17.1 Å². The Hall–Kier alpha value is -2.32. The van der Waals surface area contributed by atoms with Gasteiger partial charge in [0.25, 0.3) is 0 Å². The fourth-order valence-electron chi connectivity index (χ4n) is 3.37. The molecule has 0 aromatic heterocycles. The molecule has 0 bridgehead atoms. The van der Waals surface area contributed by atoms with E-state index in [-0.39, 0.29) is 6.04 Å². The predicted molar refractivity (Wildman–Crippen MR) is 125 cm³/mol. The third-order valence-corrected chi connectivity index (χ3v) is 6.60. The zero-order valence-electron chi connectivity index (χ0n) is 17.1. The highest BCUT2D eigenvalue weighted by Gasteiger charge is 2.14. The Bertz CT molecular complexity index is 955. The maximum Gasteiger partial charge on any atom is 0.231 e. The summed E-state index contributed by atoms with van der Waals surface area (Å²) in [5.41, 5.74) is 3.73. The summed E-state index contributed by atoms with van der Waals surface area (Å²) in [7, 11) is -1.79. The van der Waals surface area contributed by atoms with Gasteiger partial charge in [-0.3, -0.25) is 4.31 Å². The first-order valence-electron chi connectivity index (χ1n) is 9.70. The van der Waals surface area contributed by atoms with Crippen molar-refractivity contribution in [2.45, 2.75) is 25.8 Å². The summed E-state index contributed by atoms with van der Waals surface area (Å²) in [6.45, 7) is 4.33. The second kappa shape index (κ2) is 9.00. The summed E-state index contributed by atoms with van der Waals surface area (Å²) in [6.07, 6.45) is 3.71. The molecule has 0 spiro atoms. The molecule has 1 atom stereocenters. The Morgan fingerprint density at radius 1 is 1.14 bits per heavy atom. The SMILES string of the molecule is C[C@H](NC(=S)Nc1cccc(N(C)S(C)(=O)=O)c1)c1ccc(N2CCCC2)cc1. The molecule has 0 saturated carbocycles. The molecule has 8 heteroatoms. The molecule has 0 amide bonds. The molecular formula is C21H28N4O2S2. The lowest BCUT2D eigenvalue weighted by molar-refractivity contribution is 0.600. The number of anilines is 3. The fraction of sp³-hybridized carbons (Fsp3) is 0.381. The van der Waals surface area contributed by atoms with E-state index in [0.717, 1.165) is 24.3 Å². The lowest BCUT2D eigenvalue weighted by Gasteiger charge is -2.21. The Kier molecular flexibility index (Phi) is 6.64. The van der Waals surface area contributed by atoms with Crippen LogP contribution in [0.5, 0.6) is 0 Å². The smallest absolute Gasteiger partial charge is 0.231 e. The van der Waals surface area contributed by atoms with E-state index in [1.54, 1.807) is 18.2 Å². The molecule has 0 aliphatic carbocycles. The molecule has 2 aromatic carbocycles. The zero-order valence-corrected chi connectivity index (χ0v) is 18.7. The van der Waals surface area contributed by atoms with Crippen molar-refractivity contribution in [3.63, 3.8) is 0 Å². The molecule has 2 N–H and O–H groups in total. The van der Waals surface area contributed by atoms with Crippen molar-refractivity contribution in [1.82, 2.24) is 5.32 Å². The van der Waals surface area contributed by atoms with Crippen LogP contribution in [0, 0.1) is 0 Å². The first kappa shape index (κ1) is 21.4. The molecule has 29 heavy (non-hydrogen) atoms. The van der Waals surface area contributed by atoms with E-state index < -0.39 is 10.0 Å². The van der Waals surface area contributed by atoms with Gasteiger partial charge in [-0.05, 0) is 67.9 Å². The van der Waals surface area contributed by atoms with Gasteiger partial charge in [-0.2, -0.15) is 0 Å². The van der Waals surface area contributed by atoms with E-state index in [9.17, 15) is 8.42 Å². The van der Waals surface area contributed by atoms with Crippen LogP contribution in [0.1, 0.15) is 31.4 Å². The summed E-state index contributed by atoms with van der Waals surface area (Å²) in [6, 6.07) is 15.8. The molecule has 1 aliphatic rings. The summed E-state index contributed by atoms with van der Waals surface area (Å²) >= 11 is 5.45. The number of sulfonamides is 1. The molecule has 2 aromatic rings. The van der Waals surface area contributed by atoms with Gasteiger partial charge in [-0.15, -0.1) is 0 Å². The summed E-state index contributed by atoms with van der Waals surface area (Å²) in [5, 5.41) is 6.91. The molecule has 6 nitrogen and oxygen atoms in total. The second-order valence-corrected chi connectivity index (χ2v) is 9.81. The zero-order chi connectivity index (χ0) is 21.0. The van der Waals surface area contributed by atoms with Crippen molar-refractivity contribution in [3.8, 4) is 0 Å². The van der Waals surface area contributed by atoms with E-state index in [2.05, 4.69) is 46.7 Å². The Labute approximate surface area is 179 Å². The number of rotatable bonds is 6. The number of nitrogens with zero attached hydrogens (tertiary/aromatic N) is 2. The number of hydrogen-bond donors (Lipinski definition) is 2. The topological polar surface area (TPSA) is 64.7 Å². The summed E-state index contributed by atoms with van der Waals surface area (Å²) in [5.74, 6) is 0. The van der Waals surface area contributed by atoms with Crippen LogP contribution in [0.25, 0.3) is 0 Å². The van der Waals surface area contributed by atoms with Gasteiger partial charge in [0.05, 0.1) is 18.0 Å². The quantitative estimate of drug-likeness (QED) is 0.678. The van der Waals surface area contributed by atoms with Crippen molar-refractivity contribution in [2.24, 2.45) is 0 Å². The van der Waals surface area contributed by atoms with Crippen molar-refractivity contribution >= 4 is 44.4 Å². The minimum atomic E-state index is -3.31. The summed E-state index contributed by atoms with van der Waals surface area (Å²) in [4.78, 5) is 2.41. The fourth-order valence-corrected chi connectivity index (χ4v) is 4.16. The van der Waals surface area contributed by atoms with Crippen LogP contribution in [0.3, 0.4) is 0 Å². The average molecular weight is 433 g/mol. The van der Waals surface area contributed by atoms with Gasteiger partial charge >= 0.3 is 0 Å². The third-order valence-electron chi connectivity index (χ3n) is 5.18. The van der Waals surface area contributed by atoms with Gasteiger partial charge < -0.3 is 15.5 Å². The van der Waals surface area contributed by atoms with Crippen molar-refractivity contribution in [3.05, 3.63) is 54.1 Å². The summed E-state index contributed by atoms with van der Waals surface area (Å²) < 4.78 is 24.7. The van der Waals surface area contributed by atoms with E-state index >= 15 is 0 Å². The number of benzene rings is 2. The van der Waals surface area contributed by atoms with Crippen LogP contribution >= 0.6 is 12.2 Å². The first-order chi connectivity index (χ1) is 13.7. The molecule has 156 valence electrons. The van der Waals surface area contributed by atoms with Crippen LogP contribution in [0.15, 0.2) is 48.5 Å². The second-order valence-electron chi connectivity index (χ2n) is 7.39. The molecule has 0 unspecified atom stereocenters. The van der Waals surface area contributed by atoms with Gasteiger partial charge in [-0.25, -0.2) is 8.42 Å². The van der Waals surface area contributed by atoms with Crippen molar-refractivity contribution < 1.29 is 8.42 Å². The molecular weight excluding hydrogens is 404 g/mol. The largest absolute Gasteiger partial charge is 0.372 e. The van der Waals surface area contributed by atoms with Gasteiger partial charge in [0.1, 0.15) is 0 Å². The van der Waals surface area contributed by atoms with E-state index in [4.69, 9.17) is 12.2 Å². The van der Waals surface area contributed by atoms with Crippen LogP contribution < -0.4 is 19.8 Å². The van der Waals surface area contributed by atoms with Crippen LogP contribution in [-0.4, -0.2) is 39.9 Å². The number of thiocarbonyl (C=S) groups is 1. The Morgan fingerprint density at radius 2 is 1.79 bits per heavy atom. The molecule has 3 rings (SSSR count). The monoisotopic (exact) mass is 432 g/mol. The normalized spacial score (nSPS) is 15.1. The first-order valence-corrected chi connectivity index (χ1v) is 12.0. The van der Waals surface area contributed by atoms with Crippen LogP contribution in [-0.2, 0) is 10.0 Å². The van der Waals surface area contributed by atoms with Gasteiger partial charge in [-0.1, -0.05) is 18.2 Å². The molecule has 1 saturated heterocycles. The Balaban J connectivity index is 1.60. The number of hydrogen-bond acceptors (Lipinski definition) is 4. The molecule has 1 aliphatic heterocycles. The Morgan fingerprint density at radius 3 is 2.41 bits per heavy atom. The van der Waals surface area contributed by atoms with E-state index in [1.165, 1.54) is 36.1 Å². The highest BCUT2D eigenvalue weighted by atomic mass is 32.2. The highest BCUT2D eigenvalue weighted by Crippen LogP contribution is 2.23. The molecule has 0 radical (unpaired) electrons. The van der Waals surface area contributed by atoms with E-state index in [0.29, 0.717) is 10.8 Å².